The quantitative estimate of drug-likeness (QED) is 0.860. The molecule has 1 fully saturated rings. The molecule has 0 aliphatic heterocycles. The summed E-state index contributed by atoms with van der Waals surface area (Å²) in [7, 11) is 0. The van der Waals surface area contributed by atoms with Crippen LogP contribution in [0.1, 0.15) is 29.9 Å². The van der Waals surface area contributed by atoms with Crippen LogP contribution in [0.3, 0.4) is 0 Å². The number of nitrogens with zero attached hydrogens (tertiary/aromatic N) is 1. The van der Waals surface area contributed by atoms with E-state index >= 15 is 0 Å². The molecule has 2 aromatic rings. The fraction of sp³-hybridized carbons (Fsp3) is 0.333. The van der Waals surface area contributed by atoms with Crippen LogP contribution in [0.4, 0.5) is 10.2 Å². The number of ketones is 1. The van der Waals surface area contributed by atoms with Gasteiger partial charge in [-0.15, -0.1) is 0 Å². The number of pyridine rings is 1. The molecular weight excluding hydrogens is 295 g/mol. The number of Topliss-reactive ketones (excluding diaryl/α,β-unsaturated/α-hetero) is 1. The zero-order valence-corrected chi connectivity index (χ0v) is 12.9. The maximum Gasteiger partial charge on any atom is 0.162 e. The highest BCUT2D eigenvalue weighted by Crippen LogP contribution is 2.61. The monoisotopic (exact) mass is 314 g/mol. The van der Waals surface area contributed by atoms with Crippen molar-refractivity contribution in [3.63, 3.8) is 0 Å². The van der Waals surface area contributed by atoms with Crippen molar-refractivity contribution in [1.82, 2.24) is 4.98 Å². The number of rotatable bonds is 6. The molecule has 5 heteroatoms. The molecule has 0 unspecified atom stereocenters. The summed E-state index contributed by atoms with van der Waals surface area (Å²) in [6.07, 6.45) is 1.69. The van der Waals surface area contributed by atoms with Gasteiger partial charge in [0.1, 0.15) is 18.2 Å². The lowest BCUT2D eigenvalue weighted by Gasteiger charge is -2.06. The van der Waals surface area contributed by atoms with E-state index in [4.69, 9.17) is 0 Å². The normalized spacial score (nSPS) is 22.7. The Bertz CT molecular complexity index is 720. The minimum atomic E-state index is -0.517. The molecule has 3 atom stereocenters. The average Bonchev–Trinajstić information content (AvgIpc) is 3.30. The molecule has 4 nitrogen and oxygen atoms in total. The Morgan fingerprint density at radius 2 is 2.09 bits per heavy atom. The van der Waals surface area contributed by atoms with Crippen molar-refractivity contribution in [3.8, 4) is 0 Å². The highest BCUT2D eigenvalue weighted by molar-refractivity contribution is 5.88. The number of halogens is 1. The summed E-state index contributed by atoms with van der Waals surface area (Å²) in [5, 5.41) is 12.3. The van der Waals surface area contributed by atoms with Crippen molar-refractivity contribution in [2.45, 2.75) is 18.8 Å². The largest absolute Gasteiger partial charge is 0.389 e. The maximum absolute atomic E-state index is 14.1. The number of nitrogens with one attached hydrogen (secondary N) is 1. The first kappa shape index (κ1) is 15.6. The predicted molar refractivity (Wildman–Crippen MR) is 85.9 cm³/mol. The summed E-state index contributed by atoms with van der Waals surface area (Å²) in [6, 6.07) is 10.3. The lowest BCUT2D eigenvalue weighted by atomic mass is 10.0. The summed E-state index contributed by atoms with van der Waals surface area (Å²) in [4.78, 5) is 16.3. The smallest absolute Gasteiger partial charge is 0.162 e. The fourth-order valence-corrected chi connectivity index (χ4v) is 3.30. The van der Waals surface area contributed by atoms with Crippen molar-refractivity contribution < 1.29 is 14.3 Å². The Kier molecular flexibility index (Phi) is 4.39. The molecule has 0 saturated heterocycles. The second kappa shape index (κ2) is 6.46. The van der Waals surface area contributed by atoms with Gasteiger partial charge in [-0.2, -0.15) is 0 Å². The fourth-order valence-electron chi connectivity index (χ4n) is 3.30. The van der Waals surface area contributed by atoms with E-state index < -0.39 is 6.61 Å². The molecule has 3 rings (SSSR count). The number of aliphatic hydroxyl groups excluding tert-OH is 1. The Morgan fingerprint density at radius 3 is 2.78 bits per heavy atom. The van der Waals surface area contributed by atoms with E-state index in [1.807, 2.05) is 19.1 Å². The molecule has 0 spiro atoms. The maximum atomic E-state index is 14.1. The van der Waals surface area contributed by atoms with Crippen LogP contribution < -0.4 is 5.32 Å². The van der Waals surface area contributed by atoms with E-state index in [2.05, 4.69) is 10.3 Å². The van der Waals surface area contributed by atoms with Crippen LogP contribution >= 0.6 is 0 Å². The molecule has 2 N–H and O–H groups in total. The lowest BCUT2D eigenvalue weighted by molar-refractivity contribution is -0.123. The molecule has 0 bridgehead atoms. The van der Waals surface area contributed by atoms with Crippen molar-refractivity contribution in [2.75, 3.05) is 18.5 Å². The number of aromatic nitrogens is 1. The number of anilines is 1. The molecule has 120 valence electrons. The summed E-state index contributed by atoms with van der Waals surface area (Å²) in [6.45, 7) is 2.21. The molecule has 1 aliphatic carbocycles. The van der Waals surface area contributed by atoms with Gasteiger partial charge in [0.05, 0.1) is 0 Å². The van der Waals surface area contributed by atoms with E-state index in [1.165, 1.54) is 6.07 Å². The molecule has 1 aromatic heterocycles. The van der Waals surface area contributed by atoms with Gasteiger partial charge in [-0.3, -0.25) is 4.79 Å². The molecule has 1 aliphatic rings. The van der Waals surface area contributed by atoms with Gasteiger partial charge in [0, 0.05) is 30.5 Å². The van der Waals surface area contributed by atoms with E-state index in [0.29, 0.717) is 5.56 Å². The third kappa shape index (κ3) is 2.97. The van der Waals surface area contributed by atoms with Gasteiger partial charge < -0.3 is 10.4 Å². The third-order valence-electron chi connectivity index (χ3n) is 4.34. The Balaban J connectivity index is 1.95. The van der Waals surface area contributed by atoms with Crippen LogP contribution in [-0.4, -0.2) is 29.0 Å². The lowest BCUT2D eigenvalue weighted by Crippen LogP contribution is -2.08. The van der Waals surface area contributed by atoms with Crippen molar-refractivity contribution in [3.05, 3.63) is 59.5 Å². The highest BCUT2D eigenvalue weighted by atomic mass is 19.1. The number of aliphatic hydroxyl groups is 1. The van der Waals surface area contributed by atoms with Crippen LogP contribution in [0.15, 0.2) is 42.6 Å². The van der Waals surface area contributed by atoms with E-state index in [1.54, 1.807) is 24.4 Å². The molecule has 1 heterocycles. The topological polar surface area (TPSA) is 62.2 Å². The minimum absolute atomic E-state index is 0.119. The summed E-state index contributed by atoms with van der Waals surface area (Å²) >= 11 is 0. The SMILES string of the molecule is CCNc1cc([C@H]2[C@H](C(=O)CO)[C@@H]2c2ccccc2F)ccn1. The number of benzene rings is 1. The zero-order chi connectivity index (χ0) is 16.4. The van der Waals surface area contributed by atoms with E-state index in [9.17, 15) is 14.3 Å². The van der Waals surface area contributed by atoms with Crippen molar-refractivity contribution in [1.29, 1.82) is 0 Å². The molecule has 0 amide bonds. The van der Waals surface area contributed by atoms with Crippen LogP contribution in [0, 0.1) is 11.7 Å². The molecule has 0 radical (unpaired) electrons. The summed E-state index contributed by atoms with van der Waals surface area (Å²) in [5.41, 5.74) is 1.47. The van der Waals surface area contributed by atoms with Gasteiger partial charge in [0.15, 0.2) is 5.78 Å². The van der Waals surface area contributed by atoms with Gasteiger partial charge >= 0.3 is 0 Å². The summed E-state index contributed by atoms with van der Waals surface area (Å²) in [5.74, 6) is -0.547. The van der Waals surface area contributed by atoms with Gasteiger partial charge in [0.2, 0.25) is 0 Å². The first-order chi connectivity index (χ1) is 11.2. The first-order valence-electron chi connectivity index (χ1n) is 7.75. The molecule has 1 saturated carbocycles. The van der Waals surface area contributed by atoms with E-state index in [0.717, 1.165) is 17.9 Å². The van der Waals surface area contributed by atoms with Crippen molar-refractivity contribution >= 4 is 11.6 Å². The predicted octanol–water partition coefficient (Wildman–Crippen LogP) is 2.71. The Hall–Kier alpha value is -2.27. The van der Waals surface area contributed by atoms with E-state index in [-0.39, 0.29) is 29.4 Å². The zero-order valence-electron chi connectivity index (χ0n) is 12.9. The average molecular weight is 314 g/mol. The van der Waals surface area contributed by atoms with Crippen LogP contribution in [0.25, 0.3) is 0 Å². The van der Waals surface area contributed by atoms with Crippen LogP contribution in [0.5, 0.6) is 0 Å². The van der Waals surface area contributed by atoms with Gasteiger partial charge in [-0.25, -0.2) is 9.37 Å². The second-order valence-electron chi connectivity index (χ2n) is 5.73. The number of carbonyl (C=O) groups is 1. The Labute approximate surface area is 134 Å². The number of hydrogen-bond donors (Lipinski definition) is 2. The first-order valence-corrected chi connectivity index (χ1v) is 7.75. The standard InChI is InChI=1S/C18H19FN2O2/c1-2-20-15-9-11(7-8-21-15)16-17(18(16)14(23)10-22)12-5-3-4-6-13(12)19/h3-9,16-18,22H,2,10H2,1H3,(H,20,21)/t16-,17-,18+/m1/s1. The molecule has 23 heavy (non-hydrogen) atoms. The number of hydrogen-bond acceptors (Lipinski definition) is 4. The van der Waals surface area contributed by atoms with Gasteiger partial charge in [-0.1, -0.05) is 18.2 Å². The van der Waals surface area contributed by atoms with Gasteiger partial charge in [-0.05, 0) is 36.2 Å². The van der Waals surface area contributed by atoms with Crippen molar-refractivity contribution in [2.24, 2.45) is 5.92 Å². The Morgan fingerprint density at radius 1 is 1.30 bits per heavy atom. The molecular formula is C18H19FN2O2. The van der Waals surface area contributed by atoms with Crippen LogP contribution in [0.2, 0.25) is 0 Å². The second-order valence-corrected chi connectivity index (χ2v) is 5.73. The molecule has 1 aromatic carbocycles. The van der Waals surface area contributed by atoms with Crippen LogP contribution in [-0.2, 0) is 4.79 Å². The highest BCUT2D eigenvalue weighted by Gasteiger charge is 2.56. The third-order valence-corrected chi connectivity index (χ3v) is 4.34. The minimum Gasteiger partial charge on any atom is -0.389 e. The number of carbonyl (C=O) groups excluding carboxylic acids is 1. The van der Waals surface area contributed by atoms with Gasteiger partial charge in [0.25, 0.3) is 0 Å². The summed E-state index contributed by atoms with van der Waals surface area (Å²) < 4.78 is 14.1.